The minimum absolute atomic E-state index is 0.0565. The van der Waals surface area contributed by atoms with Crippen LogP contribution in [0.4, 0.5) is 11.4 Å². The van der Waals surface area contributed by atoms with E-state index in [2.05, 4.69) is 23.6 Å². The van der Waals surface area contributed by atoms with Gasteiger partial charge in [0.2, 0.25) is 5.91 Å². The van der Waals surface area contributed by atoms with E-state index in [4.69, 9.17) is 0 Å². The van der Waals surface area contributed by atoms with Crippen molar-refractivity contribution in [2.24, 2.45) is 5.92 Å². The summed E-state index contributed by atoms with van der Waals surface area (Å²) in [5.41, 5.74) is 1.96. The molecule has 1 amide bonds. The Morgan fingerprint density at radius 3 is 2.68 bits per heavy atom. The van der Waals surface area contributed by atoms with Gasteiger partial charge in [0.25, 0.3) is 0 Å². The zero-order chi connectivity index (χ0) is 13.7. The summed E-state index contributed by atoms with van der Waals surface area (Å²) in [6.07, 6.45) is 5.91. The second kappa shape index (κ2) is 6.60. The van der Waals surface area contributed by atoms with Gasteiger partial charge >= 0.3 is 0 Å². The summed E-state index contributed by atoms with van der Waals surface area (Å²) >= 11 is 0. The quantitative estimate of drug-likeness (QED) is 0.839. The highest BCUT2D eigenvalue weighted by Gasteiger charge is 2.21. The third-order valence-corrected chi connectivity index (χ3v) is 3.97. The standard InChI is InChI=1S/C16H24N2O/c1-3-16(19)18-15-10-6-9-14(11-15)17-12(2)13-7-4-5-8-13/h6,9-13,17H,3-5,7-8H2,1-2H3,(H,18,19). The maximum atomic E-state index is 11.4. The SMILES string of the molecule is CCC(=O)Nc1cccc(NC(C)C2CCCC2)c1. The highest BCUT2D eigenvalue weighted by Crippen LogP contribution is 2.29. The topological polar surface area (TPSA) is 41.1 Å². The molecular formula is C16H24N2O. The molecule has 3 heteroatoms. The van der Waals surface area contributed by atoms with Crippen molar-refractivity contribution in [3.8, 4) is 0 Å². The first-order chi connectivity index (χ1) is 9.19. The molecule has 1 fully saturated rings. The van der Waals surface area contributed by atoms with Crippen LogP contribution in [-0.4, -0.2) is 11.9 Å². The predicted molar refractivity (Wildman–Crippen MR) is 80.4 cm³/mol. The molecule has 0 aromatic heterocycles. The van der Waals surface area contributed by atoms with Gasteiger partial charge in [-0.05, 0) is 43.9 Å². The third kappa shape index (κ3) is 3.98. The Morgan fingerprint density at radius 1 is 1.32 bits per heavy atom. The number of carbonyl (C=O) groups excluding carboxylic acids is 1. The van der Waals surface area contributed by atoms with E-state index in [0.717, 1.165) is 17.3 Å². The summed E-state index contributed by atoms with van der Waals surface area (Å²) in [6.45, 7) is 4.12. The fraction of sp³-hybridized carbons (Fsp3) is 0.562. The number of anilines is 2. The molecule has 2 rings (SSSR count). The lowest BCUT2D eigenvalue weighted by Gasteiger charge is -2.22. The van der Waals surface area contributed by atoms with Crippen LogP contribution in [0.2, 0.25) is 0 Å². The molecule has 19 heavy (non-hydrogen) atoms. The Balaban J connectivity index is 1.96. The molecule has 1 aliphatic carbocycles. The Hall–Kier alpha value is -1.51. The summed E-state index contributed by atoms with van der Waals surface area (Å²) < 4.78 is 0. The molecule has 0 saturated heterocycles. The first-order valence-corrected chi connectivity index (χ1v) is 7.35. The first-order valence-electron chi connectivity index (χ1n) is 7.35. The maximum Gasteiger partial charge on any atom is 0.224 e. The van der Waals surface area contributed by atoms with E-state index < -0.39 is 0 Å². The highest BCUT2D eigenvalue weighted by atomic mass is 16.1. The van der Waals surface area contributed by atoms with Crippen LogP contribution < -0.4 is 10.6 Å². The minimum Gasteiger partial charge on any atom is -0.382 e. The first kappa shape index (κ1) is 13.9. The fourth-order valence-corrected chi connectivity index (χ4v) is 2.77. The van der Waals surface area contributed by atoms with E-state index in [1.165, 1.54) is 25.7 Å². The van der Waals surface area contributed by atoms with Crippen molar-refractivity contribution in [2.75, 3.05) is 10.6 Å². The molecule has 1 unspecified atom stereocenters. The van der Waals surface area contributed by atoms with Crippen LogP contribution in [0.15, 0.2) is 24.3 Å². The number of carbonyl (C=O) groups is 1. The molecule has 1 aromatic rings. The van der Waals surface area contributed by atoms with Crippen molar-refractivity contribution in [1.29, 1.82) is 0 Å². The van der Waals surface area contributed by atoms with Gasteiger partial charge in [-0.1, -0.05) is 25.8 Å². The zero-order valence-electron chi connectivity index (χ0n) is 11.9. The van der Waals surface area contributed by atoms with Gasteiger partial charge in [-0.15, -0.1) is 0 Å². The molecule has 3 nitrogen and oxygen atoms in total. The van der Waals surface area contributed by atoms with Crippen molar-refractivity contribution >= 4 is 17.3 Å². The molecule has 0 radical (unpaired) electrons. The van der Waals surface area contributed by atoms with Crippen LogP contribution >= 0.6 is 0 Å². The monoisotopic (exact) mass is 260 g/mol. The van der Waals surface area contributed by atoms with Gasteiger partial charge in [0.05, 0.1) is 0 Å². The molecule has 1 aliphatic rings. The van der Waals surface area contributed by atoms with Crippen molar-refractivity contribution in [1.82, 2.24) is 0 Å². The van der Waals surface area contributed by atoms with Crippen molar-refractivity contribution < 1.29 is 4.79 Å². The molecule has 0 aliphatic heterocycles. The van der Waals surface area contributed by atoms with Crippen LogP contribution in [0, 0.1) is 5.92 Å². The number of amides is 1. The van der Waals surface area contributed by atoms with Crippen LogP contribution in [0.3, 0.4) is 0 Å². The van der Waals surface area contributed by atoms with Gasteiger partial charge in [-0.3, -0.25) is 4.79 Å². The molecule has 1 aromatic carbocycles. The van der Waals surface area contributed by atoms with E-state index in [0.29, 0.717) is 12.5 Å². The Bertz CT molecular complexity index is 425. The van der Waals surface area contributed by atoms with Crippen molar-refractivity contribution in [3.63, 3.8) is 0 Å². The second-order valence-electron chi connectivity index (χ2n) is 5.46. The molecular weight excluding hydrogens is 236 g/mol. The average Bonchev–Trinajstić information content (AvgIpc) is 2.93. The lowest BCUT2D eigenvalue weighted by Crippen LogP contribution is -2.23. The van der Waals surface area contributed by atoms with Crippen molar-refractivity contribution in [3.05, 3.63) is 24.3 Å². The van der Waals surface area contributed by atoms with Gasteiger partial charge < -0.3 is 10.6 Å². The van der Waals surface area contributed by atoms with Gasteiger partial charge in [0.1, 0.15) is 0 Å². The average molecular weight is 260 g/mol. The molecule has 2 N–H and O–H groups in total. The van der Waals surface area contributed by atoms with Gasteiger partial charge in [-0.2, -0.15) is 0 Å². The second-order valence-corrected chi connectivity index (χ2v) is 5.46. The lowest BCUT2D eigenvalue weighted by atomic mass is 9.99. The highest BCUT2D eigenvalue weighted by molar-refractivity contribution is 5.90. The van der Waals surface area contributed by atoms with E-state index in [9.17, 15) is 4.79 Å². The number of rotatable bonds is 5. The summed E-state index contributed by atoms with van der Waals surface area (Å²) in [7, 11) is 0. The van der Waals surface area contributed by atoms with E-state index >= 15 is 0 Å². The molecule has 0 spiro atoms. The minimum atomic E-state index is 0.0565. The summed E-state index contributed by atoms with van der Waals surface area (Å²) in [4.78, 5) is 11.4. The number of hydrogen-bond donors (Lipinski definition) is 2. The van der Waals surface area contributed by atoms with Gasteiger partial charge in [0, 0.05) is 23.8 Å². The van der Waals surface area contributed by atoms with Crippen molar-refractivity contribution in [2.45, 2.75) is 52.0 Å². The van der Waals surface area contributed by atoms with Crippen LogP contribution in [0.1, 0.15) is 46.0 Å². The zero-order valence-corrected chi connectivity index (χ0v) is 11.9. The van der Waals surface area contributed by atoms with Crippen LogP contribution in [0.25, 0.3) is 0 Å². The van der Waals surface area contributed by atoms with E-state index in [1.807, 2.05) is 25.1 Å². The van der Waals surface area contributed by atoms with Crippen LogP contribution in [0.5, 0.6) is 0 Å². The predicted octanol–water partition coefficient (Wildman–Crippen LogP) is 4.03. The van der Waals surface area contributed by atoms with Crippen LogP contribution in [-0.2, 0) is 4.79 Å². The normalized spacial score (nSPS) is 17.2. The summed E-state index contributed by atoms with van der Waals surface area (Å²) in [5.74, 6) is 0.842. The molecule has 0 bridgehead atoms. The maximum absolute atomic E-state index is 11.4. The number of nitrogens with one attached hydrogen (secondary N) is 2. The van der Waals surface area contributed by atoms with E-state index in [1.54, 1.807) is 0 Å². The molecule has 1 atom stereocenters. The smallest absolute Gasteiger partial charge is 0.224 e. The van der Waals surface area contributed by atoms with E-state index in [-0.39, 0.29) is 5.91 Å². The number of benzene rings is 1. The fourth-order valence-electron chi connectivity index (χ4n) is 2.77. The lowest BCUT2D eigenvalue weighted by molar-refractivity contribution is -0.115. The Kier molecular flexibility index (Phi) is 4.83. The molecule has 0 heterocycles. The largest absolute Gasteiger partial charge is 0.382 e. The van der Waals surface area contributed by atoms with Gasteiger partial charge in [-0.25, -0.2) is 0 Å². The summed E-state index contributed by atoms with van der Waals surface area (Å²) in [5, 5.41) is 6.46. The third-order valence-electron chi connectivity index (χ3n) is 3.97. The van der Waals surface area contributed by atoms with Gasteiger partial charge in [0.15, 0.2) is 0 Å². The Labute approximate surface area is 115 Å². The Morgan fingerprint density at radius 2 is 2.00 bits per heavy atom. The summed E-state index contributed by atoms with van der Waals surface area (Å²) in [6, 6.07) is 8.49. The molecule has 1 saturated carbocycles. The molecule has 104 valence electrons. The number of hydrogen-bond acceptors (Lipinski definition) is 2.